The third kappa shape index (κ3) is 4.19. The number of benzene rings is 8. The molecule has 11 rings (SSSR count). The Morgan fingerprint density at radius 3 is 1.59 bits per heavy atom. The van der Waals surface area contributed by atoms with E-state index in [2.05, 4.69) is 185 Å². The van der Waals surface area contributed by atoms with E-state index in [1.165, 1.54) is 43.6 Å². The maximum atomic E-state index is 6.62. The van der Waals surface area contributed by atoms with E-state index >= 15 is 0 Å². The molecule has 0 saturated heterocycles. The van der Waals surface area contributed by atoms with Gasteiger partial charge in [0.15, 0.2) is 0 Å². The summed E-state index contributed by atoms with van der Waals surface area (Å²) in [6.45, 7) is 0. The fraction of sp³-hybridized carbons (Fsp3) is 0. The van der Waals surface area contributed by atoms with Gasteiger partial charge in [-0.05, 0) is 95.1 Å². The first-order chi connectivity index (χ1) is 25.3. The lowest BCUT2D eigenvalue weighted by molar-refractivity contribution is 0.669. The van der Waals surface area contributed by atoms with E-state index in [1.807, 2.05) is 6.07 Å². The van der Waals surface area contributed by atoms with Crippen LogP contribution < -0.4 is 0 Å². The van der Waals surface area contributed by atoms with Gasteiger partial charge in [-0.2, -0.15) is 0 Å². The number of aromatic nitrogens is 2. The normalized spacial score (nSPS) is 11.9. The van der Waals surface area contributed by atoms with E-state index < -0.39 is 0 Å². The summed E-state index contributed by atoms with van der Waals surface area (Å²) in [6, 6.07) is 65.5. The van der Waals surface area contributed by atoms with Gasteiger partial charge in [-0.15, -0.1) is 0 Å². The number of para-hydroxylation sites is 5. The van der Waals surface area contributed by atoms with Gasteiger partial charge in [0.1, 0.15) is 11.2 Å². The molecular weight excluding hydrogens is 621 g/mol. The molecule has 51 heavy (non-hydrogen) atoms. The number of nitrogens with zero attached hydrogens (tertiary/aromatic N) is 2. The van der Waals surface area contributed by atoms with Gasteiger partial charge in [0.2, 0.25) is 0 Å². The fourth-order valence-electron chi connectivity index (χ4n) is 8.25. The van der Waals surface area contributed by atoms with Gasteiger partial charge < -0.3 is 13.6 Å². The maximum absolute atomic E-state index is 6.62. The van der Waals surface area contributed by atoms with E-state index in [-0.39, 0.29) is 0 Å². The SMILES string of the molecule is c1ccc(-n2c3ccccc3c3cc(-c4cc(-c5ccc6c7ccccc7n(-c7ccccc7)c6c5)cc5oc6ccccc6c45)ccc32)cc1. The molecule has 0 unspecified atom stereocenters. The number of rotatable bonds is 4. The molecule has 238 valence electrons. The summed E-state index contributed by atoms with van der Waals surface area (Å²) in [7, 11) is 0. The van der Waals surface area contributed by atoms with Crippen LogP contribution in [0.25, 0.3) is 99.2 Å². The van der Waals surface area contributed by atoms with Gasteiger partial charge >= 0.3 is 0 Å². The quantitative estimate of drug-likeness (QED) is 0.186. The fourth-order valence-corrected chi connectivity index (χ4v) is 8.25. The maximum Gasteiger partial charge on any atom is 0.136 e. The van der Waals surface area contributed by atoms with Crippen molar-refractivity contribution in [1.29, 1.82) is 0 Å². The van der Waals surface area contributed by atoms with Gasteiger partial charge in [-0.3, -0.25) is 0 Å². The zero-order valence-corrected chi connectivity index (χ0v) is 27.6. The van der Waals surface area contributed by atoms with Crippen LogP contribution in [0.5, 0.6) is 0 Å². The average molecular weight is 651 g/mol. The highest BCUT2D eigenvalue weighted by molar-refractivity contribution is 6.16. The lowest BCUT2D eigenvalue weighted by Gasteiger charge is -2.12. The van der Waals surface area contributed by atoms with Gasteiger partial charge in [-0.25, -0.2) is 0 Å². The number of hydrogen-bond acceptors (Lipinski definition) is 1. The molecule has 3 nitrogen and oxygen atoms in total. The predicted molar refractivity (Wildman–Crippen MR) is 213 cm³/mol. The van der Waals surface area contributed by atoms with Gasteiger partial charge in [0.05, 0.1) is 22.1 Å². The topological polar surface area (TPSA) is 23.0 Å². The third-order valence-corrected chi connectivity index (χ3v) is 10.5. The molecular formula is C48H30N2O. The first-order valence-electron chi connectivity index (χ1n) is 17.4. The van der Waals surface area contributed by atoms with Crippen molar-refractivity contribution in [2.45, 2.75) is 0 Å². The smallest absolute Gasteiger partial charge is 0.136 e. The summed E-state index contributed by atoms with van der Waals surface area (Å²) in [5, 5.41) is 7.22. The van der Waals surface area contributed by atoms with Crippen LogP contribution >= 0.6 is 0 Å². The lowest BCUT2D eigenvalue weighted by atomic mass is 9.93. The molecule has 0 bridgehead atoms. The molecule has 0 radical (unpaired) electrons. The Balaban J connectivity index is 1.18. The Kier molecular flexibility index (Phi) is 5.96. The van der Waals surface area contributed by atoms with E-state index in [0.29, 0.717) is 0 Å². The first-order valence-corrected chi connectivity index (χ1v) is 17.4. The van der Waals surface area contributed by atoms with Crippen molar-refractivity contribution < 1.29 is 4.42 Å². The van der Waals surface area contributed by atoms with Gasteiger partial charge in [0, 0.05) is 43.7 Å². The molecule has 0 N–H and O–H groups in total. The van der Waals surface area contributed by atoms with E-state index in [9.17, 15) is 0 Å². The van der Waals surface area contributed by atoms with Crippen LogP contribution in [0.3, 0.4) is 0 Å². The zero-order valence-electron chi connectivity index (χ0n) is 27.6. The van der Waals surface area contributed by atoms with Crippen LogP contribution in [-0.4, -0.2) is 9.13 Å². The van der Waals surface area contributed by atoms with Gasteiger partial charge in [-0.1, -0.05) is 109 Å². The second-order valence-corrected chi connectivity index (χ2v) is 13.3. The largest absolute Gasteiger partial charge is 0.456 e. The lowest BCUT2D eigenvalue weighted by Crippen LogP contribution is -1.93. The molecule has 8 aromatic carbocycles. The zero-order chi connectivity index (χ0) is 33.5. The summed E-state index contributed by atoms with van der Waals surface area (Å²) < 4.78 is 11.4. The van der Waals surface area contributed by atoms with Crippen molar-refractivity contribution in [2.24, 2.45) is 0 Å². The summed E-state index contributed by atoms with van der Waals surface area (Å²) in [5.41, 5.74) is 13.5. The summed E-state index contributed by atoms with van der Waals surface area (Å²) >= 11 is 0. The van der Waals surface area contributed by atoms with E-state index in [4.69, 9.17) is 4.42 Å². The van der Waals surface area contributed by atoms with Crippen molar-refractivity contribution in [1.82, 2.24) is 9.13 Å². The molecule has 0 fully saturated rings. The summed E-state index contributed by atoms with van der Waals surface area (Å²) in [5.74, 6) is 0. The molecule has 0 spiro atoms. The van der Waals surface area contributed by atoms with Crippen molar-refractivity contribution in [2.75, 3.05) is 0 Å². The predicted octanol–water partition coefficient (Wildman–Crippen LogP) is 13.1. The molecule has 0 amide bonds. The minimum Gasteiger partial charge on any atom is -0.456 e. The molecule has 0 aliphatic carbocycles. The highest BCUT2D eigenvalue weighted by Crippen LogP contribution is 2.43. The average Bonchev–Trinajstić information content (AvgIpc) is 3.85. The molecule has 11 aromatic rings. The van der Waals surface area contributed by atoms with E-state index in [1.54, 1.807) is 0 Å². The number of furan rings is 1. The number of fused-ring (bicyclic) bond motifs is 9. The highest BCUT2D eigenvalue weighted by Gasteiger charge is 2.19. The van der Waals surface area contributed by atoms with Crippen LogP contribution in [0.15, 0.2) is 186 Å². The minimum absolute atomic E-state index is 0.888. The molecule has 3 heteroatoms. The molecule has 0 aliphatic heterocycles. The second-order valence-electron chi connectivity index (χ2n) is 13.3. The Hall–Kier alpha value is -6.84. The molecule has 0 saturated carbocycles. The van der Waals surface area contributed by atoms with Crippen LogP contribution in [0.2, 0.25) is 0 Å². The van der Waals surface area contributed by atoms with Crippen molar-refractivity contribution in [3.63, 3.8) is 0 Å². The molecule has 3 aromatic heterocycles. The molecule has 3 heterocycles. The molecule has 0 atom stereocenters. The highest BCUT2D eigenvalue weighted by atomic mass is 16.3. The van der Waals surface area contributed by atoms with Crippen LogP contribution in [-0.2, 0) is 0 Å². The van der Waals surface area contributed by atoms with Gasteiger partial charge in [0.25, 0.3) is 0 Å². The van der Waals surface area contributed by atoms with Crippen LogP contribution in [0.4, 0.5) is 0 Å². The van der Waals surface area contributed by atoms with Crippen molar-refractivity contribution in [3.8, 4) is 33.6 Å². The molecule has 0 aliphatic rings. The first kappa shape index (κ1) is 28.0. The Morgan fingerprint density at radius 2 is 0.863 bits per heavy atom. The standard InChI is InChI=1S/C48H30N2O/c1-3-13-34(14-4-1)49-43-21-11-8-18-37(43)41-27-32(24-26-44(41)49)40-28-33(30-47-48(40)39-19-9-12-22-46(39)51-47)31-23-25-38-36-17-7-10-20-42(36)50(45(38)29-31)35-15-5-2-6-16-35/h1-30H. The van der Waals surface area contributed by atoms with E-state index in [0.717, 1.165) is 55.6 Å². The number of hydrogen-bond donors (Lipinski definition) is 0. The van der Waals surface area contributed by atoms with Crippen LogP contribution in [0.1, 0.15) is 0 Å². The van der Waals surface area contributed by atoms with Crippen molar-refractivity contribution >= 4 is 65.6 Å². The van der Waals surface area contributed by atoms with Crippen LogP contribution in [0, 0.1) is 0 Å². The minimum atomic E-state index is 0.888. The Bertz CT molecular complexity index is 3130. The second kappa shape index (κ2) is 10.8. The third-order valence-electron chi connectivity index (χ3n) is 10.5. The summed E-state index contributed by atoms with van der Waals surface area (Å²) in [6.07, 6.45) is 0. The Morgan fingerprint density at radius 1 is 0.314 bits per heavy atom. The summed E-state index contributed by atoms with van der Waals surface area (Å²) in [4.78, 5) is 0. The monoisotopic (exact) mass is 650 g/mol. The van der Waals surface area contributed by atoms with Crippen molar-refractivity contribution in [3.05, 3.63) is 182 Å². The Labute approximate surface area is 293 Å².